The molecule has 0 bridgehead atoms. The monoisotopic (exact) mass is 369 g/mol. The van der Waals surface area contributed by atoms with Gasteiger partial charge in [-0.1, -0.05) is 0 Å². The van der Waals surface area contributed by atoms with Crippen LogP contribution in [0.25, 0.3) is 10.6 Å². The summed E-state index contributed by atoms with van der Waals surface area (Å²) in [5.74, 6) is 0.696. The Bertz CT molecular complexity index is 677. The van der Waals surface area contributed by atoms with Crippen LogP contribution >= 0.6 is 23.7 Å². The number of halogens is 1. The Morgan fingerprint density at radius 3 is 2.79 bits per heavy atom. The van der Waals surface area contributed by atoms with Crippen molar-refractivity contribution < 1.29 is 14.6 Å². The summed E-state index contributed by atoms with van der Waals surface area (Å²) in [6.07, 6.45) is 1.19. The molecular formula is C16H20ClN3O3S. The first kappa shape index (κ1) is 18.7. The standard InChI is InChI=1S/C16H19N3O3S.ClH/c1-22-12-4-2-10(3-5-12)16-19-9-14(23-16)15(21)18-7-11-6-17-8-13(11)20;/h2-5,9,11,13,17,20H,6-8H2,1H3,(H,18,21);1H. The largest absolute Gasteiger partial charge is 0.497 e. The lowest BCUT2D eigenvalue weighted by atomic mass is 10.1. The minimum atomic E-state index is -0.397. The second kappa shape index (κ2) is 8.43. The van der Waals surface area contributed by atoms with Gasteiger partial charge in [-0.2, -0.15) is 0 Å². The summed E-state index contributed by atoms with van der Waals surface area (Å²) in [4.78, 5) is 17.1. The molecule has 130 valence electrons. The van der Waals surface area contributed by atoms with Gasteiger partial charge in [0, 0.05) is 31.1 Å². The molecular weight excluding hydrogens is 350 g/mol. The number of carbonyl (C=O) groups is 1. The fourth-order valence-corrected chi connectivity index (χ4v) is 3.32. The van der Waals surface area contributed by atoms with E-state index in [2.05, 4.69) is 15.6 Å². The average molecular weight is 370 g/mol. The first-order valence-electron chi connectivity index (χ1n) is 7.44. The van der Waals surface area contributed by atoms with E-state index in [1.807, 2.05) is 24.3 Å². The Labute approximate surface area is 150 Å². The van der Waals surface area contributed by atoms with Crippen molar-refractivity contribution in [1.29, 1.82) is 0 Å². The minimum absolute atomic E-state index is 0. The third kappa shape index (κ3) is 4.24. The number of β-amino-alcohol motifs (C(OH)–C–C–N with tert-alkyl or cyclic N) is 1. The van der Waals surface area contributed by atoms with Gasteiger partial charge in [0.15, 0.2) is 0 Å². The van der Waals surface area contributed by atoms with Crippen molar-refractivity contribution in [2.45, 2.75) is 6.10 Å². The van der Waals surface area contributed by atoms with Crippen LogP contribution in [0.5, 0.6) is 5.75 Å². The average Bonchev–Trinajstić information content (AvgIpc) is 3.22. The molecule has 0 aliphatic carbocycles. The molecule has 6 nitrogen and oxygen atoms in total. The molecule has 2 unspecified atom stereocenters. The molecule has 0 radical (unpaired) electrons. The van der Waals surface area contributed by atoms with Gasteiger partial charge in [0.2, 0.25) is 0 Å². The SMILES string of the molecule is COc1ccc(-c2ncc(C(=O)NCC3CNCC3O)s2)cc1.Cl. The number of amides is 1. The zero-order valence-electron chi connectivity index (χ0n) is 13.2. The summed E-state index contributed by atoms with van der Waals surface area (Å²) in [6, 6.07) is 7.57. The van der Waals surface area contributed by atoms with Gasteiger partial charge >= 0.3 is 0 Å². The molecule has 0 spiro atoms. The molecule has 2 aromatic rings. The Morgan fingerprint density at radius 2 is 2.17 bits per heavy atom. The predicted molar refractivity (Wildman–Crippen MR) is 96.0 cm³/mol. The van der Waals surface area contributed by atoms with E-state index >= 15 is 0 Å². The van der Waals surface area contributed by atoms with Crippen LogP contribution in [0.4, 0.5) is 0 Å². The van der Waals surface area contributed by atoms with Gasteiger partial charge in [0.05, 0.1) is 19.4 Å². The normalized spacial score (nSPS) is 19.6. The third-order valence-electron chi connectivity index (χ3n) is 3.90. The number of aromatic nitrogens is 1. The fourth-order valence-electron chi connectivity index (χ4n) is 2.48. The molecule has 1 amide bonds. The van der Waals surface area contributed by atoms with E-state index in [1.54, 1.807) is 13.3 Å². The van der Waals surface area contributed by atoms with Gasteiger partial charge in [-0.05, 0) is 24.3 Å². The quantitative estimate of drug-likeness (QED) is 0.744. The molecule has 1 fully saturated rings. The van der Waals surface area contributed by atoms with E-state index in [9.17, 15) is 9.90 Å². The van der Waals surface area contributed by atoms with Crippen molar-refractivity contribution in [3.8, 4) is 16.3 Å². The summed E-state index contributed by atoms with van der Waals surface area (Å²) in [5, 5.41) is 16.5. The van der Waals surface area contributed by atoms with Gasteiger partial charge in [-0.25, -0.2) is 4.98 Å². The van der Waals surface area contributed by atoms with Crippen molar-refractivity contribution in [3.63, 3.8) is 0 Å². The summed E-state index contributed by atoms with van der Waals surface area (Å²) in [5.41, 5.74) is 0.949. The molecule has 3 rings (SSSR count). The molecule has 1 saturated heterocycles. The molecule has 1 aliphatic heterocycles. The number of nitrogens with zero attached hydrogens (tertiary/aromatic N) is 1. The van der Waals surface area contributed by atoms with E-state index in [0.717, 1.165) is 22.9 Å². The molecule has 1 aromatic heterocycles. The van der Waals surface area contributed by atoms with E-state index in [-0.39, 0.29) is 24.2 Å². The number of aliphatic hydroxyl groups is 1. The highest BCUT2D eigenvalue weighted by atomic mass is 35.5. The summed E-state index contributed by atoms with van der Waals surface area (Å²) in [7, 11) is 1.62. The Balaban J connectivity index is 0.00000208. The van der Waals surface area contributed by atoms with Crippen molar-refractivity contribution in [3.05, 3.63) is 35.3 Å². The van der Waals surface area contributed by atoms with Gasteiger partial charge in [0.1, 0.15) is 15.6 Å². The smallest absolute Gasteiger partial charge is 0.263 e. The lowest BCUT2D eigenvalue weighted by Gasteiger charge is -2.13. The topological polar surface area (TPSA) is 83.5 Å². The summed E-state index contributed by atoms with van der Waals surface area (Å²) >= 11 is 1.35. The highest BCUT2D eigenvalue weighted by Gasteiger charge is 2.25. The van der Waals surface area contributed by atoms with Crippen LogP contribution in [-0.2, 0) is 0 Å². The molecule has 2 heterocycles. The maximum atomic E-state index is 12.2. The highest BCUT2D eigenvalue weighted by molar-refractivity contribution is 7.16. The van der Waals surface area contributed by atoms with Crippen LogP contribution in [0.1, 0.15) is 9.67 Å². The zero-order valence-corrected chi connectivity index (χ0v) is 14.8. The molecule has 8 heteroatoms. The maximum Gasteiger partial charge on any atom is 0.263 e. The first-order chi connectivity index (χ1) is 11.2. The van der Waals surface area contributed by atoms with Crippen molar-refractivity contribution in [2.24, 2.45) is 5.92 Å². The first-order valence-corrected chi connectivity index (χ1v) is 8.26. The van der Waals surface area contributed by atoms with E-state index in [0.29, 0.717) is 18.0 Å². The molecule has 0 saturated carbocycles. The van der Waals surface area contributed by atoms with Gasteiger partial charge < -0.3 is 20.5 Å². The van der Waals surface area contributed by atoms with Crippen molar-refractivity contribution in [2.75, 3.05) is 26.7 Å². The number of hydrogen-bond acceptors (Lipinski definition) is 6. The molecule has 2 atom stereocenters. The number of carbonyl (C=O) groups excluding carboxylic acids is 1. The van der Waals surface area contributed by atoms with Gasteiger partial charge in [0.25, 0.3) is 5.91 Å². The predicted octanol–water partition coefficient (Wildman–Crippen LogP) is 1.55. The van der Waals surface area contributed by atoms with E-state index < -0.39 is 6.10 Å². The number of ether oxygens (including phenoxy) is 1. The molecule has 1 aromatic carbocycles. The van der Waals surface area contributed by atoms with Crippen LogP contribution in [-0.4, -0.2) is 48.8 Å². The Kier molecular flexibility index (Phi) is 6.56. The minimum Gasteiger partial charge on any atom is -0.497 e. The number of rotatable bonds is 5. The Hall–Kier alpha value is -1.67. The summed E-state index contributed by atoms with van der Waals surface area (Å²) < 4.78 is 5.13. The highest BCUT2D eigenvalue weighted by Crippen LogP contribution is 2.26. The Morgan fingerprint density at radius 1 is 1.42 bits per heavy atom. The second-order valence-electron chi connectivity index (χ2n) is 5.45. The van der Waals surface area contributed by atoms with Crippen LogP contribution < -0.4 is 15.4 Å². The van der Waals surface area contributed by atoms with Crippen LogP contribution in [0.15, 0.2) is 30.5 Å². The fraction of sp³-hybridized carbons (Fsp3) is 0.375. The number of hydrogen-bond donors (Lipinski definition) is 3. The third-order valence-corrected chi connectivity index (χ3v) is 4.94. The maximum absolute atomic E-state index is 12.2. The molecule has 3 N–H and O–H groups in total. The van der Waals surface area contributed by atoms with Crippen LogP contribution in [0.3, 0.4) is 0 Å². The van der Waals surface area contributed by atoms with E-state index in [1.165, 1.54) is 11.3 Å². The number of methoxy groups -OCH3 is 1. The van der Waals surface area contributed by atoms with Crippen LogP contribution in [0.2, 0.25) is 0 Å². The van der Waals surface area contributed by atoms with Crippen molar-refractivity contribution in [1.82, 2.24) is 15.6 Å². The zero-order chi connectivity index (χ0) is 16.2. The van der Waals surface area contributed by atoms with Gasteiger partial charge in [-0.3, -0.25) is 4.79 Å². The number of nitrogens with one attached hydrogen (secondary N) is 2. The molecule has 1 aliphatic rings. The lowest BCUT2D eigenvalue weighted by molar-refractivity contribution is 0.0931. The number of aliphatic hydroxyl groups excluding tert-OH is 1. The number of benzene rings is 1. The van der Waals surface area contributed by atoms with Crippen molar-refractivity contribution >= 4 is 29.7 Å². The van der Waals surface area contributed by atoms with Gasteiger partial charge in [-0.15, -0.1) is 23.7 Å². The second-order valence-corrected chi connectivity index (χ2v) is 6.48. The van der Waals surface area contributed by atoms with Crippen LogP contribution in [0, 0.1) is 5.92 Å². The lowest BCUT2D eigenvalue weighted by Crippen LogP contribution is -2.34. The van der Waals surface area contributed by atoms with E-state index in [4.69, 9.17) is 4.74 Å². The molecule has 24 heavy (non-hydrogen) atoms. The summed E-state index contributed by atoms with van der Waals surface area (Å²) in [6.45, 7) is 1.77. The number of thiazole rings is 1.